The molecule has 1 saturated heterocycles. The van der Waals surface area contributed by atoms with Gasteiger partial charge in [-0.25, -0.2) is 0 Å². The SMILES string of the molecule is CC1[C@@H](O)[C@H](O)C(CO)O[C@@H]1O. The molecule has 0 aromatic heterocycles. The third-order valence-electron chi connectivity index (χ3n) is 2.21. The van der Waals surface area contributed by atoms with E-state index in [4.69, 9.17) is 14.9 Å². The number of hydrogen-bond donors (Lipinski definition) is 4. The second-order valence-electron chi connectivity index (χ2n) is 3.09. The molecular formula is C7H14O5. The standard InChI is InChI=1S/C7H14O5/c1-3-5(9)6(10)4(2-8)12-7(3)11/h3-11H,2H2,1H3/t3?,4?,5-,6-,7+/m1/s1. The largest absolute Gasteiger partial charge is 0.394 e. The molecule has 2 unspecified atom stereocenters. The van der Waals surface area contributed by atoms with E-state index in [9.17, 15) is 10.2 Å². The van der Waals surface area contributed by atoms with Crippen LogP contribution in [0.3, 0.4) is 0 Å². The summed E-state index contributed by atoms with van der Waals surface area (Å²) in [6.45, 7) is 1.15. The molecule has 0 aliphatic carbocycles. The molecule has 0 aromatic rings. The van der Waals surface area contributed by atoms with Crippen LogP contribution in [0.4, 0.5) is 0 Å². The molecule has 1 fully saturated rings. The summed E-state index contributed by atoms with van der Waals surface area (Å²) in [6, 6.07) is 0. The zero-order chi connectivity index (χ0) is 9.30. The van der Waals surface area contributed by atoms with Gasteiger partial charge in [0.05, 0.1) is 12.7 Å². The van der Waals surface area contributed by atoms with Crippen molar-refractivity contribution in [2.45, 2.75) is 31.5 Å². The first-order valence-electron chi connectivity index (χ1n) is 3.88. The van der Waals surface area contributed by atoms with Gasteiger partial charge in [-0.15, -0.1) is 0 Å². The van der Waals surface area contributed by atoms with Gasteiger partial charge in [0.25, 0.3) is 0 Å². The average molecular weight is 178 g/mol. The number of aliphatic hydroxyl groups is 4. The lowest BCUT2D eigenvalue weighted by molar-refractivity contribution is -0.266. The van der Waals surface area contributed by atoms with Crippen molar-refractivity contribution in [3.8, 4) is 0 Å². The van der Waals surface area contributed by atoms with Gasteiger partial charge >= 0.3 is 0 Å². The van der Waals surface area contributed by atoms with Crippen molar-refractivity contribution in [3.05, 3.63) is 0 Å². The van der Waals surface area contributed by atoms with Crippen LogP contribution in [0.5, 0.6) is 0 Å². The molecule has 0 aromatic carbocycles. The molecule has 0 amide bonds. The maximum absolute atomic E-state index is 9.32. The fourth-order valence-corrected chi connectivity index (χ4v) is 1.23. The summed E-state index contributed by atoms with van der Waals surface area (Å²) in [7, 11) is 0. The molecule has 72 valence electrons. The Labute approximate surface area is 70.2 Å². The zero-order valence-corrected chi connectivity index (χ0v) is 6.79. The fourth-order valence-electron chi connectivity index (χ4n) is 1.23. The summed E-state index contributed by atoms with van der Waals surface area (Å²) >= 11 is 0. The Hall–Kier alpha value is -0.200. The van der Waals surface area contributed by atoms with Crippen LogP contribution >= 0.6 is 0 Å². The highest BCUT2D eigenvalue weighted by atomic mass is 16.6. The maximum Gasteiger partial charge on any atom is 0.160 e. The van der Waals surface area contributed by atoms with Crippen LogP contribution in [-0.2, 0) is 4.74 Å². The second kappa shape index (κ2) is 3.68. The van der Waals surface area contributed by atoms with E-state index in [0.717, 1.165) is 0 Å². The Bertz CT molecular complexity index is 146. The third-order valence-corrected chi connectivity index (χ3v) is 2.21. The quantitative estimate of drug-likeness (QED) is 0.375. The van der Waals surface area contributed by atoms with Crippen LogP contribution < -0.4 is 0 Å². The molecule has 12 heavy (non-hydrogen) atoms. The topological polar surface area (TPSA) is 90.2 Å². The minimum absolute atomic E-state index is 0.415. The minimum atomic E-state index is -1.13. The second-order valence-corrected chi connectivity index (χ2v) is 3.09. The predicted molar refractivity (Wildman–Crippen MR) is 39.1 cm³/mol. The molecule has 4 N–H and O–H groups in total. The predicted octanol–water partition coefficient (Wildman–Crippen LogP) is -1.95. The van der Waals surface area contributed by atoms with E-state index in [2.05, 4.69) is 0 Å². The van der Waals surface area contributed by atoms with Gasteiger partial charge in [-0.2, -0.15) is 0 Å². The zero-order valence-electron chi connectivity index (χ0n) is 6.79. The van der Waals surface area contributed by atoms with Gasteiger partial charge in [-0.1, -0.05) is 6.92 Å². The van der Waals surface area contributed by atoms with Gasteiger partial charge in [-0.3, -0.25) is 0 Å². The monoisotopic (exact) mass is 178 g/mol. The molecule has 1 heterocycles. The van der Waals surface area contributed by atoms with E-state index >= 15 is 0 Å². The van der Waals surface area contributed by atoms with Crippen molar-refractivity contribution in [2.75, 3.05) is 6.61 Å². The smallest absolute Gasteiger partial charge is 0.160 e. The van der Waals surface area contributed by atoms with Crippen molar-refractivity contribution in [3.63, 3.8) is 0 Å². The van der Waals surface area contributed by atoms with Crippen molar-refractivity contribution < 1.29 is 25.2 Å². The van der Waals surface area contributed by atoms with Crippen LogP contribution in [0.2, 0.25) is 0 Å². The summed E-state index contributed by atoms with van der Waals surface area (Å²) in [5, 5.41) is 36.4. The lowest BCUT2D eigenvalue weighted by Crippen LogP contribution is -2.54. The van der Waals surface area contributed by atoms with Crippen LogP contribution in [0.25, 0.3) is 0 Å². The molecule has 1 aliphatic rings. The lowest BCUT2D eigenvalue weighted by Gasteiger charge is -2.38. The molecule has 0 radical (unpaired) electrons. The highest BCUT2D eigenvalue weighted by molar-refractivity contribution is 4.86. The van der Waals surface area contributed by atoms with Gasteiger partial charge in [0.1, 0.15) is 12.2 Å². The van der Waals surface area contributed by atoms with Crippen LogP contribution in [0.15, 0.2) is 0 Å². The van der Waals surface area contributed by atoms with E-state index < -0.39 is 37.1 Å². The van der Waals surface area contributed by atoms with E-state index in [0.29, 0.717) is 0 Å². The molecule has 5 nitrogen and oxygen atoms in total. The first kappa shape index (κ1) is 9.88. The number of hydrogen-bond acceptors (Lipinski definition) is 5. The molecule has 0 spiro atoms. The minimum Gasteiger partial charge on any atom is -0.394 e. The Kier molecular flexibility index (Phi) is 3.03. The van der Waals surface area contributed by atoms with Gasteiger partial charge in [0.15, 0.2) is 6.29 Å². The van der Waals surface area contributed by atoms with Crippen molar-refractivity contribution >= 4 is 0 Å². The fraction of sp³-hybridized carbons (Fsp3) is 1.00. The van der Waals surface area contributed by atoms with E-state index in [1.807, 2.05) is 0 Å². The molecule has 0 bridgehead atoms. The third kappa shape index (κ3) is 1.60. The summed E-state index contributed by atoms with van der Waals surface area (Å²) in [5.74, 6) is -0.539. The van der Waals surface area contributed by atoms with Crippen LogP contribution in [0, 0.1) is 5.92 Å². The van der Waals surface area contributed by atoms with E-state index in [1.165, 1.54) is 0 Å². The first-order valence-corrected chi connectivity index (χ1v) is 3.88. The molecular weight excluding hydrogens is 164 g/mol. The highest BCUT2D eigenvalue weighted by Gasteiger charge is 2.40. The molecule has 5 heteroatoms. The number of aliphatic hydroxyl groups excluding tert-OH is 4. The molecule has 1 aliphatic heterocycles. The summed E-state index contributed by atoms with van der Waals surface area (Å²) < 4.78 is 4.83. The van der Waals surface area contributed by atoms with Gasteiger partial charge in [0, 0.05) is 5.92 Å². The Morgan fingerprint density at radius 1 is 1.17 bits per heavy atom. The van der Waals surface area contributed by atoms with Crippen LogP contribution in [-0.4, -0.2) is 51.6 Å². The maximum atomic E-state index is 9.32. The van der Waals surface area contributed by atoms with Crippen LogP contribution in [0.1, 0.15) is 6.92 Å². The van der Waals surface area contributed by atoms with E-state index in [-0.39, 0.29) is 0 Å². The summed E-state index contributed by atoms with van der Waals surface area (Å²) in [4.78, 5) is 0. The van der Waals surface area contributed by atoms with Crippen molar-refractivity contribution in [1.82, 2.24) is 0 Å². The summed E-state index contributed by atoms with van der Waals surface area (Å²) in [6.07, 6.45) is -4.20. The molecule has 1 rings (SSSR count). The molecule has 0 saturated carbocycles. The first-order chi connectivity index (χ1) is 5.57. The van der Waals surface area contributed by atoms with E-state index in [1.54, 1.807) is 6.92 Å². The highest BCUT2D eigenvalue weighted by Crippen LogP contribution is 2.23. The normalized spacial score (nSPS) is 49.2. The van der Waals surface area contributed by atoms with Gasteiger partial charge < -0.3 is 25.2 Å². The summed E-state index contributed by atoms with van der Waals surface area (Å²) in [5.41, 5.74) is 0. The average Bonchev–Trinajstić information content (AvgIpc) is 2.08. The molecule has 5 atom stereocenters. The number of ether oxygens (including phenoxy) is 1. The Morgan fingerprint density at radius 2 is 1.75 bits per heavy atom. The van der Waals surface area contributed by atoms with Gasteiger partial charge in [-0.05, 0) is 0 Å². The van der Waals surface area contributed by atoms with Crippen molar-refractivity contribution in [2.24, 2.45) is 5.92 Å². The van der Waals surface area contributed by atoms with Crippen molar-refractivity contribution in [1.29, 1.82) is 0 Å². The number of rotatable bonds is 1. The lowest BCUT2D eigenvalue weighted by atomic mass is 9.93. The Balaban J connectivity index is 2.63. The van der Waals surface area contributed by atoms with Gasteiger partial charge in [0.2, 0.25) is 0 Å². The Morgan fingerprint density at radius 3 is 2.25 bits per heavy atom.